The molecule has 1 aliphatic rings. The molecule has 0 aliphatic carbocycles. The van der Waals surface area contributed by atoms with Gasteiger partial charge in [-0.05, 0) is 62.3 Å². The van der Waals surface area contributed by atoms with Crippen molar-refractivity contribution in [2.45, 2.75) is 57.4 Å². The molecule has 9 heteroatoms. The van der Waals surface area contributed by atoms with Crippen LogP contribution in [0.5, 0.6) is 0 Å². The minimum absolute atomic E-state index is 0. The quantitative estimate of drug-likeness (QED) is 0.302. The van der Waals surface area contributed by atoms with E-state index in [0.29, 0.717) is 23.7 Å². The van der Waals surface area contributed by atoms with E-state index in [2.05, 4.69) is 20.5 Å². The van der Waals surface area contributed by atoms with Gasteiger partial charge in [0.25, 0.3) is 0 Å². The summed E-state index contributed by atoms with van der Waals surface area (Å²) in [6.07, 6.45) is 3.08. The molecule has 1 unspecified atom stereocenters. The van der Waals surface area contributed by atoms with Gasteiger partial charge in [-0.3, -0.25) is 9.79 Å². The van der Waals surface area contributed by atoms with Crippen LogP contribution in [0.2, 0.25) is 0 Å². The molecule has 0 spiro atoms. The molecule has 2 N–H and O–H groups in total. The van der Waals surface area contributed by atoms with Gasteiger partial charge >= 0.3 is 0 Å². The van der Waals surface area contributed by atoms with Gasteiger partial charge in [0.1, 0.15) is 0 Å². The lowest BCUT2D eigenvalue weighted by Gasteiger charge is -2.35. The molecule has 176 valence electrons. The van der Waals surface area contributed by atoms with Crippen LogP contribution in [0.1, 0.15) is 43.7 Å². The maximum absolute atomic E-state index is 13.0. The summed E-state index contributed by atoms with van der Waals surface area (Å²) in [5, 5.41) is 6.05. The zero-order valence-corrected chi connectivity index (χ0v) is 22.4. The molecular formula is C22H37IN4O3S. The van der Waals surface area contributed by atoms with E-state index >= 15 is 0 Å². The Morgan fingerprint density at radius 2 is 1.87 bits per heavy atom. The highest BCUT2D eigenvalue weighted by Crippen LogP contribution is 2.21. The Labute approximate surface area is 204 Å². The van der Waals surface area contributed by atoms with Gasteiger partial charge in [-0.15, -0.1) is 24.0 Å². The van der Waals surface area contributed by atoms with Crippen molar-refractivity contribution in [2.24, 2.45) is 10.9 Å². The van der Waals surface area contributed by atoms with Gasteiger partial charge in [0.05, 0.1) is 10.6 Å². The number of piperidine rings is 1. The lowest BCUT2D eigenvalue weighted by atomic mass is 9.93. The Kier molecular flexibility index (Phi) is 11.3. The van der Waals surface area contributed by atoms with Gasteiger partial charge in [0, 0.05) is 39.6 Å². The van der Waals surface area contributed by atoms with Crippen LogP contribution >= 0.6 is 24.0 Å². The number of halogens is 1. The maximum atomic E-state index is 13.0. The number of guanidine groups is 1. The van der Waals surface area contributed by atoms with E-state index in [9.17, 15) is 13.2 Å². The summed E-state index contributed by atoms with van der Waals surface area (Å²) in [4.78, 5) is 18.5. The topological polar surface area (TPSA) is 90.9 Å². The molecule has 0 saturated carbocycles. The third-order valence-electron chi connectivity index (χ3n) is 5.96. The third-order valence-corrected chi connectivity index (χ3v) is 7.78. The first-order valence-electron chi connectivity index (χ1n) is 10.7. The van der Waals surface area contributed by atoms with E-state index in [-0.39, 0.29) is 41.7 Å². The summed E-state index contributed by atoms with van der Waals surface area (Å²) in [5.74, 6) is 1.22. The smallest absolute Gasteiger partial charge is 0.220 e. The lowest BCUT2D eigenvalue weighted by molar-refractivity contribution is -0.121. The first kappa shape index (κ1) is 27.7. The summed E-state index contributed by atoms with van der Waals surface area (Å²) in [5.41, 5.74) is 2.06. The van der Waals surface area contributed by atoms with Crippen LogP contribution in [0.15, 0.2) is 28.1 Å². The van der Waals surface area contributed by atoms with Gasteiger partial charge < -0.3 is 15.5 Å². The van der Waals surface area contributed by atoms with E-state index in [0.717, 1.165) is 43.0 Å². The Bertz CT molecular complexity index is 866. The summed E-state index contributed by atoms with van der Waals surface area (Å²) in [6, 6.07) is 5.08. The van der Waals surface area contributed by atoms with E-state index in [1.807, 2.05) is 26.8 Å². The fourth-order valence-corrected chi connectivity index (χ4v) is 5.40. The molecule has 1 aliphatic heterocycles. The molecule has 1 heterocycles. The van der Waals surface area contributed by atoms with Crippen molar-refractivity contribution in [3.05, 3.63) is 29.3 Å². The molecule has 1 amide bonds. The molecule has 1 atom stereocenters. The number of hydrogen-bond donors (Lipinski definition) is 2. The lowest BCUT2D eigenvalue weighted by Crippen LogP contribution is -2.50. The Morgan fingerprint density at radius 3 is 2.39 bits per heavy atom. The average Bonchev–Trinajstić information content (AvgIpc) is 2.73. The first-order chi connectivity index (χ1) is 14.2. The van der Waals surface area contributed by atoms with Crippen molar-refractivity contribution in [1.29, 1.82) is 0 Å². The summed E-state index contributed by atoms with van der Waals surface area (Å²) in [7, 11) is -0.00861. The normalized spacial score (nSPS) is 16.4. The molecule has 2 rings (SSSR count). The van der Waals surface area contributed by atoms with Crippen LogP contribution in [0.25, 0.3) is 0 Å². The third kappa shape index (κ3) is 7.93. The highest BCUT2D eigenvalue weighted by atomic mass is 127. The van der Waals surface area contributed by atoms with Crippen LogP contribution in [-0.4, -0.2) is 64.2 Å². The zero-order chi connectivity index (χ0) is 22.3. The number of benzene rings is 1. The fourth-order valence-electron chi connectivity index (χ4n) is 3.72. The van der Waals surface area contributed by atoms with Gasteiger partial charge in [-0.2, -0.15) is 0 Å². The standard InChI is InChI=1S/C22H36N4O3S.HI/c1-6-19(15-30(28,29)20-8-7-16(2)17(3)13-20)25-22(24-5)26-11-9-18(10-12-26)14-21(27)23-4;/h7-8,13,18-19H,6,9-12,14-15H2,1-5H3,(H,23,27)(H,24,25);1H. The molecule has 1 saturated heterocycles. The van der Waals surface area contributed by atoms with Crippen LogP contribution in [-0.2, 0) is 14.6 Å². The van der Waals surface area contributed by atoms with Gasteiger partial charge in [-0.1, -0.05) is 13.0 Å². The highest BCUT2D eigenvalue weighted by molar-refractivity contribution is 14.0. The van der Waals surface area contributed by atoms with Gasteiger partial charge in [0.15, 0.2) is 15.8 Å². The number of hydrogen-bond acceptors (Lipinski definition) is 4. The molecule has 1 aromatic rings. The number of likely N-dealkylation sites (tertiary alicyclic amines) is 1. The number of nitrogens with zero attached hydrogens (tertiary/aromatic N) is 2. The minimum Gasteiger partial charge on any atom is -0.359 e. The number of rotatable bonds is 7. The van der Waals surface area contributed by atoms with Crippen molar-refractivity contribution in [1.82, 2.24) is 15.5 Å². The zero-order valence-electron chi connectivity index (χ0n) is 19.3. The fraction of sp³-hybridized carbons (Fsp3) is 0.636. The first-order valence-corrected chi connectivity index (χ1v) is 12.3. The molecule has 7 nitrogen and oxygen atoms in total. The highest BCUT2D eigenvalue weighted by Gasteiger charge is 2.26. The predicted octanol–water partition coefficient (Wildman–Crippen LogP) is 2.90. The Balaban J connectivity index is 0.00000480. The van der Waals surface area contributed by atoms with Crippen molar-refractivity contribution in [2.75, 3.05) is 32.9 Å². The molecule has 0 bridgehead atoms. The van der Waals surface area contributed by atoms with E-state index in [4.69, 9.17) is 0 Å². The molecule has 0 aromatic heterocycles. The second-order valence-electron chi connectivity index (χ2n) is 8.13. The second-order valence-corrected chi connectivity index (χ2v) is 10.2. The molecule has 1 fully saturated rings. The van der Waals surface area contributed by atoms with Crippen LogP contribution in [0, 0.1) is 19.8 Å². The number of carbonyl (C=O) groups excluding carboxylic acids is 1. The predicted molar refractivity (Wildman–Crippen MR) is 137 cm³/mol. The van der Waals surface area contributed by atoms with Crippen LogP contribution in [0.3, 0.4) is 0 Å². The Morgan fingerprint density at radius 1 is 1.23 bits per heavy atom. The summed E-state index contributed by atoms with van der Waals surface area (Å²) in [6.45, 7) is 7.50. The monoisotopic (exact) mass is 564 g/mol. The van der Waals surface area contributed by atoms with E-state index in [1.165, 1.54) is 0 Å². The van der Waals surface area contributed by atoms with Crippen LogP contribution < -0.4 is 10.6 Å². The molecule has 0 radical (unpaired) electrons. The van der Waals surface area contributed by atoms with Crippen molar-refractivity contribution in [3.8, 4) is 0 Å². The largest absolute Gasteiger partial charge is 0.359 e. The average molecular weight is 565 g/mol. The summed E-state index contributed by atoms with van der Waals surface area (Å²) >= 11 is 0. The van der Waals surface area contributed by atoms with Gasteiger partial charge in [0.2, 0.25) is 5.91 Å². The molecular weight excluding hydrogens is 527 g/mol. The number of carbonyl (C=O) groups is 1. The maximum Gasteiger partial charge on any atom is 0.220 e. The number of sulfone groups is 1. The number of amides is 1. The molecule has 1 aromatic carbocycles. The van der Waals surface area contributed by atoms with Crippen LogP contribution in [0.4, 0.5) is 0 Å². The number of nitrogens with one attached hydrogen (secondary N) is 2. The van der Waals surface area contributed by atoms with E-state index in [1.54, 1.807) is 26.2 Å². The number of aliphatic imine (C=N–C) groups is 1. The van der Waals surface area contributed by atoms with Gasteiger partial charge in [-0.25, -0.2) is 8.42 Å². The van der Waals surface area contributed by atoms with E-state index < -0.39 is 9.84 Å². The van der Waals surface area contributed by atoms with Crippen molar-refractivity contribution < 1.29 is 13.2 Å². The Hall–Kier alpha value is -1.36. The number of aryl methyl sites for hydroxylation is 2. The SMILES string of the molecule is CCC(CS(=O)(=O)c1ccc(C)c(C)c1)NC(=NC)N1CCC(CC(=O)NC)CC1.I. The second kappa shape index (κ2) is 12.6. The molecule has 31 heavy (non-hydrogen) atoms. The van der Waals surface area contributed by atoms with Crippen molar-refractivity contribution >= 4 is 45.7 Å². The minimum atomic E-state index is -3.40. The summed E-state index contributed by atoms with van der Waals surface area (Å²) < 4.78 is 25.9. The van der Waals surface area contributed by atoms with Crippen molar-refractivity contribution in [3.63, 3.8) is 0 Å².